The Morgan fingerprint density at radius 1 is 0.406 bits per heavy atom. The third-order valence-electron chi connectivity index (χ3n) is 10.2. The number of benzene rings is 4. The number of carbonyl (C=O) groups is 7. The van der Waals surface area contributed by atoms with E-state index in [9.17, 15) is 33.6 Å². The van der Waals surface area contributed by atoms with Gasteiger partial charge in [0.25, 0.3) is 0 Å². The molecule has 0 saturated carbocycles. The van der Waals surface area contributed by atoms with Crippen molar-refractivity contribution in [1.29, 1.82) is 0 Å². The Labute approximate surface area is 428 Å². The maximum absolute atomic E-state index is 14.2. The van der Waals surface area contributed by atoms with Gasteiger partial charge in [-0.3, -0.25) is 14.4 Å². The van der Waals surface area contributed by atoms with Crippen molar-refractivity contribution >= 4 is 106 Å². The van der Waals surface area contributed by atoms with Crippen LogP contribution in [0.4, 0.5) is 0 Å². The monoisotopic (exact) mass is 1210 g/mol. The average molecular weight is 1210 g/mol. The Bertz CT molecular complexity index is 2470. The van der Waals surface area contributed by atoms with Gasteiger partial charge in [-0.1, -0.05) is 63.7 Å². The minimum Gasteiger partial charge on any atom is -0.459 e. The van der Waals surface area contributed by atoms with Gasteiger partial charge in [0.2, 0.25) is 0 Å². The zero-order valence-electron chi connectivity index (χ0n) is 36.8. The molecule has 69 heavy (non-hydrogen) atoms. The first-order valence-electron chi connectivity index (χ1n) is 20.7. The molecule has 4 aromatic rings. The van der Waals surface area contributed by atoms with Gasteiger partial charge in [-0.05, 0) is 97.1 Å². The van der Waals surface area contributed by atoms with E-state index in [4.69, 9.17) is 52.1 Å². The smallest absolute Gasteiger partial charge is 0.338 e. The summed E-state index contributed by atoms with van der Waals surface area (Å²) < 4.78 is 67.8. The zero-order chi connectivity index (χ0) is 49.9. The third-order valence-corrected chi connectivity index (χ3v) is 12.3. The molecular formula is C47H42Br4O18. The predicted octanol–water partition coefficient (Wildman–Crippen LogP) is 7.48. The maximum atomic E-state index is 14.2. The Balaban J connectivity index is 1.45. The van der Waals surface area contributed by atoms with E-state index in [1.165, 1.54) is 55.6 Å². The summed E-state index contributed by atoms with van der Waals surface area (Å²) in [4.78, 5) is 93.2. The van der Waals surface area contributed by atoms with E-state index in [1.54, 1.807) is 48.5 Å². The number of hydrogen-bond acceptors (Lipinski definition) is 18. The van der Waals surface area contributed by atoms with Crippen LogP contribution in [0.3, 0.4) is 0 Å². The summed E-state index contributed by atoms with van der Waals surface area (Å²) in [5.41, 5.74) is 0.244. The Kier molecular flexibility index (Phi) is 19.0. The summed E-state index contributed by atoms with van der Waals surface area (Å²) in [6, 6.07) is 24.5. The summed E-state index contributed by atoms with van der Waals surface area (Å²) in [6.45, 7) is 1.92. The first-order chi connectivity index (χ1) is 32.9. The predicted molar refractivity (Wildman–Crippen MR) is 251 cm³/mol. The fourth-order valence-electron chi connectivity index (χ4n) is 7.08. The number of halogens is 4. The molecule has 4 aromatic carbocycles. The summed E-state index contributed by atoms with van der Waals surface area (Å²) in [7, 11) is 1.22. The lowest BCUT2D eigenvalue weighted by Crippen LogP contribution is -2.65. The van der Waals surface area contributed by atoms with Crippen molar-refractivity contribution in [1.82, 2.24) is 0 Å². The molecule has 2 fully saturated rings. The van der Waals surface area contributed by atoms with Crippen molar-refractivity contribution in [2.75, 3.05) is 20.3 Å². The second-order valence-corrected chi connectivity index (χ2v) is 18.8. The van der Waals surface area contributed by atoms with Gasteiger partial charge >= 0.3 is 41.8 Å². The van der Waals surface area contributed by atoms with Gasteiger partial charge in [-0.25, -0.2) is 19.2 Å². The van der Waals surface area contributed by atoms with Crippen LogP contribution >= 0.6 is 63.7 Å². The van der Waals surface area contributed by atoms with E-state index in [1.807, 2.05) is 0 Å². The molecule has 0 unspecified atom stereocenters. The van der Waals surface area contributed by atoms with Crippen molar-refractivity contribution < 1.29 is 85.7 Å². The molecule has 2 saturated heterocycles. The minimum absolute atomic E-state index is 0.0260. The summed E-state index contributed by atoms with van der Waals surface area (Å²) >= 11 is 13.4. The van der Waals surface area contributed by atoms with Gasteiger partial charge in [0.1, 0.15) is 18.8 Å². The quantitative estimate of drug-likeness (QED) is 0.0784. The molecule has 0 spiro atoms. The van der Waals surface area contributed by atoms with Crippen LogP contribution in [0.1, 0.15) is 62.2 Å². The lowest BCUT2D eigenvalue weighted by Gasteiger charge is -2.46. The highest BCUT2D eigenvalue weighted by Gasteiger charge is 2.56. The standard InChI is InChI=1S/C47H42Br4O18/c1-23(52)62-36-35(65-46(59-4)40(64-25(3)54)38(36)63-24(2)53)22-61-47-41(69-45(58)29-11-19-33(51)20-12-29)39(68-44(57)28-9-17-32(50)18-10-28)37(67-43(56)27-7-15-31(49)16-8-27)34(66-47)21-60-42(55)26-5-13-30(48)14-6-26/h5-20,34-41,46-47H,21-22H2,1-4H3/t34-,35-,36-,37-,38+,39+,40-,41-,46-,47-/m1/s1. The van der Waals surface area contributed by atoms with Crippen LogP contribution in [0.15, 0.2) is 115 Å². The Morgan fingerprint density at radius 2 is 0.710 bits per heavy atom. The van der Waals surface area contributed by atoms with E-state index in [-0.39, 0.29) is 22.3 Å². The largest absolute Gasteiger partial charge is 0.459 e. The molecule has 18 nitrogen and oxygen atoms in total. The van der Waals surface area contributed by atoms with Crippen molar-refractivity contribution in [2.24, 2.45) is 0 Å². The van der Waals surface area contributed by atoms with Gasteiger partial charge in [-0.15, -0.1) is 0 Å². The molecule has 0 N–H and O–H groups in total. The van der Waals surface area contributed by atoms with Crippen molar-refractivity contribution in [3.8, 4) is 0 Å². The van der Waals surface area contributed by atoms with Crippen molar-refractivity contribution in [3.63, 3.8) is 0 Å². The van der Waals surface area contributed by atoms with Crippen LogP contribution in [0.25, 0.3) is 0 Å². The molecule has 6 rings (SSSR count). The zero-order valence-corrected chi connectivity index (χ0v) is 43.1. The van der Waals surface area contributed by atoms with Gasteiger partial charge in [0, 0.05) is 45.8 Å². The topological polar surface area (TPSA) is 221 Å². The number of esters is 7. The van der Waals surface area contributed by atoms with E-state index in [2.05, 4.69) is 63.7 Å². The van der Waals surface area contributed by atoms with Gasteiger partial charge in [0.05, 0.1) is 28.9 Å². The normalized spacial score (nSPS) is 24.2. The van der Waals surface area contributed by atoms with E-state index >= 15 is 0 Å². The first kappa shape index (κ1) is 53.3. The molecular weight excluding hydrogens is 1170 g/mol. The number of methoxy groups -OCH3 is 1. The fraction of sp³-hybridized carbons (Fsp3) is 0.340. The van der Waals surface area contributed by atoms with Crippen molar-refractivity contribution in [2.45, 2.75) is 82.2 Å². The molecule has 2 aliphatic heterocycles. The van der Waals surface area contributed by atoms with Crippen LogP contribution < -0.4 is 0 Å². The van der Waals surface area contributed by atoms with Crippen LogP contribution in [0.5, 0.6) is 0 Å². The number of hydrogen-bond donors (Lipinski definition) is 0. The van der Waals surface area contributed by atoms with E-state index in [0.29, 0.717) is 17.9 Å². The van der Waals surface area contributed by atoms with Crippen LogP contribution in [-0.2, 0) is 66.5 Å². The summed E-state index contributed by atoms with van der Waals surface area (Å²) in [5.74, 6) is -6.22. The van der Waals surface area contributed by atoms with Gasteiger partial charge < -0.3 is 52.1 Å². The fourth-order valence-corrected chi connectivity index (χ4v) is 8.13. The summed E-state index contributed by atoms with van der Waals surface area (Å²) in [6.07, 6.45) is -16.1. The molecule has 2 aliphatic rings. The highest BCUT2D eigenvalue weighted by atomic mass is 79.9. The minimum atomic E-state index is -1.83. The molecule has 2 heterocycles. The van der Waals surface area contributed by atoms with Crippen LogP contribution in [0.2, 0.25) is 0 Å². The molecule has 0 bridgehead atoms. The van der Waals surface area contributed by atoms with Crippen LogP contribution in [-0.4, -0.2) is 124 Å². The highest BCUT2D eigenvalue weighted by molar-refractivity contribution is 9.11. The van der Waals surface area contributed by atoms with E-state index in [0.717, 1.165) is 20.8 Å². The van der Waals surface area contributed by atoms with Crippen molar-refractivity contribution in [3.05, 3.63) is 137 Å². The SMILES string of the molecule is CO[C@@H]1O[C@H](CO[C@@H]2O[C@H](COC(=O)c3ccc(Br)cc3)[C@@H](OC(=O)c3ccc(Br)cc3)[C@H](OC(=O)c3ccc(Br)cc3)[C@H]2OC(=O)c2ccc(Br)cc2)[C@@H](OC(C)=O)[C@H](OC(C)=O)[C@H]1OC(C)=O. The molecule has 0 aromatic heterocycles. The van der Waals surface area contributed by atoms with E-state index < -0.39 is 116 Å². The Morgan fingerprint density at radius 3 is 1.13 bits per heavy atom. The average Bonchev–Trinajstić information content (AvgIpc) is 3.30. The maximum Gasteiger partial charge on any atom is 0.338 e. The molecule has 10 atom stereocenters. The lowest BCUT2D eigenvalue weighted by atomic mass is 9.97. The second-order valence-electron chi connectivity index (χ2n) is 15.1. The third kappa shape index (κ3) is 14.5. The molecule has 0 amide bonds. The van der Waals surface area contributed by atoms with Gasteiger partial charge in [0.15, 0.2) is 49.2 Å². The lowest BCUT2D eigenvalue weighted by molar-refractivity contribution is -0.329. The molecule has 0 aliphatic carbocycles. The number of ether oxygens (including phenoxy) is 11. The highest BCUT2D eigenvalue weighted by Crippen LogP contribution is 2.35. The van der Waals surface area contributed by atoms with Crippen LogP contribution in [0, 0.1) is 0 Å². The number of rotatable bonds is 16. The molecule has 0 radical (unpaired) electrons. The Hall–Kier alpha value is -5.07. The molecule has 366 valence electrons. The summed E-state index contributed by atoms with van der Waals surface area (Å²) in [5, 5.41) is 0. The first-order valence-corrected chi connectivity index (χ1v) is 23.9. The molecule has 22 heteroatoms. The second kappa shape index (κ2) is 24.7. The number of carbonyl (C=O) groups excluding carboxylic acids is 7. The van der Waals surface area contributed by atoms with Gasteiger partial charge in [-0.2, -0.15) is 0 Å².